The summed E-state index contributed by atoms with van der Waals surface area (Å²) in [5, 5.41) is 3.65. The molecule has 1 aliphatic rings. The monoisotopic (exact) mass is 604 g/mol. The second-order valence-corrected chi connectivity index (χ2v) is 12.6. The Morgan fingerprint density at radius 1 is 0.413 bits per heavy atom. The summed E-state index contributed by atoms with van der Waals surface area (Å²) < 4.78 is 0. The first kappa shape index (κ1) is 26.6. The first-order valence-electron chi connectivity index (χ1n) is 15.5. The van der Waals surface area contributed by atoms with Gasteiger partial charge in [0, 0.05) is 33.8 Å². The second-order valence-electron chi connectivity index (χ2n) is 11.6. The van der Waals surface area contributed by atoms with Crippen molar-refractivity contribution in [3.8, 4) is 54.5 Å². The molecule has 9 rings (SSSR count). The Hall–Kier alpha value is -5.77. The molecule has 0 bridgehead atoms. The van der Waals surface area contributed by atoms with Crippen molar-refractivity contribution in [1.82, 2.24) is 4.98 Å². The largest absolute Gasteiger partial charge is 0.310 e. The fraction of sp³-hybridized carbons (Fsp3) is 0. The van der Waals surface area contributed by atoms with Crippen LogP contribution in [0, 0.1) is 0 Å². The van der Waals surface area contributed by atoms with Crippen molar-refractivity contribution in [3.05, 3.63) is 170 Å². The van der Waals surface area contributed by atoms with Crippen molar-refractivity contribution in [1.29, 1.82) is 0 Å². The van der Waals surface area contributed by atoms with Gasteiger partial charge in [-0.25, -0.2) is 4.98 Å². The van der Waals surface area contributed by atoms with Crippen molar-refractivity contribution in [2.45, 2.75) is 0 Å². The standard InChI is InChI=1S/C43H28N2S/c1-3-10-29(11-4-1)31-20-24-35(25-21-31)45(37-17-7-16-34(28-37)30-12-5-2-6-13-30)36-26-22-33(23-27-36)43-44-41-38-18-8-14-32-15-9-19-39(40(32)38)42(41)46-43/h1-28H. The molecule has 0 N–H and O–H groups in total. The van der Waals surface area contributed by atoms with E-state index in [1.165, 1.54) is 49.0 Å². The van der Waals surface area contributed by atoms with Crippen molar-refractivity contribution >= 4 is 39.2 Å². The number of thiazole rings is 1. The van der Waals surface area contributed by atoms with E-state index < -0.39 is 0 Å². The minimum atomic E-state index is 1.05. The topological polar surface area (TPSA) is 16.1 Å². The number of anilines is 3. The number of benzene rings is 7. The molecule has 7 aromatic carbocycles. The molecule has 1 heterocycles. The number of nitrogens with zero attached hydrogens (tertiary/aromatic N) is 2. The molecule has 0 unspecified atom stereocenters. The average Bonchev–Trinajstić information content (AvgIpc) is 3.70. The molecule has 0 saturated heterocycles. The van der Waals surface area contributed by atoms with Crippen LogP contribution in [0.4, 0.5) is 17.1 Å². The average molecular weight is 605 g/mol. The number of rotatable bonds is 6. The molecule has 8 aromatic rings. The third kappa shape index (κ3) is 4.52. The Bertz CT molecular complexity index is 2280. The maximum Gasteiger partial charge on any atom is 0.124 e. The first-order valence-corrected chi connectivity index (χ1v) is 16.4. The van der Waals surface area contributed by atoms with Gasteiger partial charge in [-0.3, -0.25) is 0 Å². The fourth-order valence-electron chi connectivity index (χ4n) is 6.63. The van der Waals surface area contributed by atoms with E-state index in [1.54, 1.807) is 11.3 Å². The van der Waals surface area contributed by atoms with E-state index in [1.807, 2.05) is 0 Å². The fourth-order valence-corrected chi connectivity index (χ4v) is 7.74. The molecule has 0 aliphatic heterocycles. The van der Waals surface area contributed by atoms with Crippen LogP contribution in [-0.4, -0.2) is 4.98 Å². The maximum atomic E-state index is 5.18. The molecule has 3 heteroatoms. The second kappa shape index (κ2) is 11.0. The van der Waals surface area contributed by atoms with E-state index >= 15 is 0 Å². The van der Waals surface area contributed by atoms with Crippen molar-refractivity contribution in [2.75, 3.05) is 4.90 Å². The van der Waals surface area contributed by atoms with Gasteiger partial charge in [0.2, 0.25) is 0 Å². The smallest absolute Gasteiger partial charge is 0.124 e. The van der Waals surface area contributed by atoms with Gasteiger partial charge in [-0.05, 0) is 81.6 Å². The molecule has 0 atom stereocenters. The zero-order valence-corrected chi connectivity index (χ0v) is 25.8. The summed E-state index contributed by atoms with van der Waals surface area (Å²) in [7, 11) is 0. The number of aromatic nitrogens is 1. The zero-order chi connectivity index (χ0) is 30.5. The Kier molecular flexibility index (Phi) is 6.36. The molecule has 0 saturated carbocycles. The van der Waals surface area contributed by atoms with Gasteiger partial charge >= 0.3 is 0 Å². The van der Waals surface area contributed by atoms with E-state index in [-0.39, 0.29) is 0 Å². The van der Waals surface area contributed by atoms with E-state index in [4.69, 9.17) is 4.98 Å². The van der Waals surface area contributed by atoms with Crippen LogP contribution in [0.2, 0.25) is 0 Å². The van der Waals surface area contributed by atoms with Crippen LogP contribution in [-0.2, 0) is 0 Å². The molecular weight excluding hydrogens is 577 g/mol. The molecule has 0 radical (unpaired) electrons. The highest BCUT2D eigenvalue weighted by Crippen LogP contribution is 2.51. The molecule has 1 aromatic heterocycles. The summed E-state index contributed by atoms with van der Waals surface area (Å²) in [6.07, 6.45) is 0. The number of hydrogen-bond donors (Lipinski definition) is 0. The van der Waals surface area contributed by atoms with E-state index in [0.29, 0.717) is 0 Å². The lowest BCUT2D eigenvalue weighted by atomic mass is 10.0. The summed E-state index contributed by atoms with van der Waals surface area (Å²) in [4.78, 5) is 8.78. The normalized spacial score (nSPS) is 11.5. The quantitative estimate of drug-likeness (QED) is 0.188. The highest BCUT2D eigenvalue weighted by atomic mass is 32.1. The van der Waals surface area contributed by atoms with Crippen molar-refractivity contribution in [2.24, 2.45) is 0 Å². The molecule has 2 nitrogen and oxygen atoms in total. The van der Waals surface area contributed by atoms with Crippen molar-refractivity contribution in [3.63, 3.8) is 0 Å². The molecule has 1 aliphatic carbocycles. The highest BCUT2D eigenvalue weighted by molar-refractivity contribution is 7.19. The van der Waals surface area contributed by atoms with Gasteiger partial charge in [0.1, 0.15) is 5.01 Å². The van der Waals surface area contributed by atoms with Crippen LogP contribution in [0.1, 0.15) is 0 Å². The summed E-state index contributed by atoms with van der Waals surface area (Å²) in [5.41, 5.74) is 12.9. The lowest BCUT2D eigenvalue weighted by Crippen LogP contribution is -2.10. The SMILES string of the molecule is c1ccc(-c2ccc(N(c3ccc(-c4nc5c(s4)-c4cccc6cccc-5c46)cc3)c3cccc(-c4ccccc4)c3)cc2)cc1. The maximum absolute atomic E-state index is 5.18. The molecular formula is C43H28N2S. The van der Waals surface area contributed by atoms with Crippen LogP contribution in [0.3, 0.4) is 0 Å². The summed E-state index contributed by atoms with van der Waals surface area (Å²) in [5.74, 6) is 0. The van der Waals surface area contributed by atoms with Gasteiger partial charge < -0.3 is 4.90 Å². The molecule has 216 valence electrons. The minimum Gasteiger partial charge on any atom is -0.310 e. The lowest BCUT2D eigenvalue weighted by Gasteiger charge is -2.26. The molecule has 0 spiro atoms. The van der Waals surface area contributed by atoms with Gasteiger partial charge in [0.05, 0.1) is 10.6 Å². The Balaban J connectivity index is 1.11. The van der Waals surface area contributed by atoms with Crippen molar-refractivity contribution < 1.29 is 0 Å². The predicted octanol–water partition coefficient (Wildman–Crippen LogP) is 12.4. The van der Waals surface area contributed by atoms with Crippen LogP contribution in [0.5, 0.6) is 0 Å². The third-order valence-electron chi connectivity index (χ3n) is 8.85. The van der Waals surface area contributed by atoms with Crippen LogP contribution < -0.4 is 4.90 Å². The Morgan fingerprint density at radius 2 is 0.957 bits per heavy atom. The first-order chi connectivity index (χ1) is 22.8. The zero-order valence-electron chi connectivity index (χ0n) is 25.0. The minimum absolute atomic E-state index is 1.05. The summed E-state index contributed by atoms with van der Waals surface area (Å²) in [6, 6.07) is 60.7. The summed E-state index contributed by atoms with van der Waals surface area (Å²) in [6.45, 7) is 0. The van der Waals surface area contributed by atoms with E-state index in [2.05, 4.69) is 175 Å². The van der Waals surface area contributed by atoms with Gasteiger partial charge in [-0.1, -0.05) is 121 Å². The Morgan fingerprint density at radius 3 is 1.63 bits per heavy atom. The van der Waals surface area contributed by atoms with Crippen LogP contribution in [0.25, 0.3) is 65.3 Å². The Labute approximate surface area is 272 Å². The van der Waals surface area contributed by atoms with Crippen LogP contribution in [0.15, 0.2) is 170 Å². The lowest BCUT2D eigenvalue weighted by molar-refractivity contribution is 1.28. The van der Waals surface area contributed by atoms with Gasteiger partial charge in [-0.15, -0.1) is 11.3 Å². The third-order valence-corrected chi connectivity index (χ3v) is 9.99. The van der Waals surface area contributed by atoms with Gasteiger partial charge in [0.15, 0.2) is 0 Å². The van der Waals surface area contributed by atoms with Gasteiger partial charge in [0.25, 0.3) is 0 Å². The number of fused-ring (bicyclic) bond motifs is 3. The number of hydrogen-bond acceptors (Lipinski definition) is 3. The van der Waals surface area contributed by atoms with E-state index in [9.17, 15) is 0 Å². The van der Waals surface area contributed by atoms with E-state index in [0.717, 1.165) is 33.3 Å². The predicted molar refractivity (Wildman–Crippen MR) is 195 cm³/mol. The molecule has 46 heavy (non-hydrogen) atoms. The van der Waals surface area contributed by atoms with Gasteiger partial charge in [-0.2, -0.15) is 0 Å². The molecule has 0 fully saturated rings. The summed E-state index contributed by atoms with van der Waals surface area (Å²) >= 11 is 1.79. The van der Waals surface area contributed by atoms with Crippen LogP contribution >= 0.6 is 11.3 Å². The molecule has 0 amide bonds. The highest BCUT2D eigenvalue weighted by Gasteiger charge is 2.26.